The predicted octanol–water partition coefficient (Wildman–Crippen LogP) is 3.31. The minimum absolute atomic E-state index is 0.0707. The molecule has 0 fully saturated rings. The second-order valence-corrected chi connectivity index (χ2v) is 5.95. The van der Waals surface area contributed by atoms with Gasteiger partial charge in [0.15, 0.2) is 10.5 Å². The van der Waals surface area contributed by atoms with Gasteiger partial charge in [0.1, 0.15) is 5.75 Å². The normalized spacial score (nSPS) is 10.6. The van der Waals surface area contributed by atoms with Gasteiger partial charge in [-0.05, 0) is 47.5 Å². The van der Waals surface area contributed by atoms with Gasteiger partial charge in [0, 0.05) is 0 Å². The fourth-order valence-electron chi connectivity index (χ4n) is 1.57. The Morgan fingerprint density at radius 1 is 1.50 bits per heavy atom. The van der Waals surface area contributed by atoms with Crippen molar-refractivity contribution in [3.05, 3.63) is 21.6 Å². The second-order valence-electron chi connectivity index (χ2n) is 3.65. The van der Waals surface area contributed by atoms with Gasteiger partial charge in [-0.25, -0.2) is 9.78 Å². The summed E-state index contributed by atoms with van der Waals surface area (Å²) in [6.45, 7) is 4.02. The number of hydrogen-bond donors (Lipinski definition) is 0. The van der Waals surface area contributed by atoms with E-state index in [1.54, 1.807) is 6.92 Å². The molecular formula is C12H12BrNO3S. The Morgan fingerprint density at radius 2 is 2.28 bits per heavy atom. The van der Waals surface area contributed by atoms with Crippen LogP contribution >= 0.6 is 27.3 Å². The highest BCUT2D eigenvalue weighted by Crippen LogP contribution is 2.31. The van der Waals surface area contributed by atoms with Crippen LogP contribution in [0.15, 0.2) is 16.0 Å². The van der Waals surface area contributed by atoms with Crippen molar-refractivity contribution >= 4 is 43.5 Å². The van der Waals surface area contributed by atoms with E-state index in [1.165, 1.54) is 11.3 Å². The van der Waals surface area contributed by atoms with Gasteiger partial charge in [0.2, 0.25) is 0 Å². The Labute approximate surface area is 117 Å². The molecule has 0 atom stereocenters. The minimum atomic E-state index is -0.360. The van der Waals surface area contributed by atoms with Crippen LogP contribution in [-0.2, 0) is 9.53 Å². The molecule has 4 nitrogen and oxygen atoms in total. The molecule has 0 unspecified atom stereocenters. The minimum Gasteiger partial charge on any atom is -0.482 e. The van der Waals surface area contributed by atoms with Crippen LogP contribution in [0.1, 0.15) is 12.5 Å². The highest BCUT2D eigenvalue weighted by atomic mass is 79.9. The molecule has 0 N–H and O–H groups in total. The number of rotatable bonds is 4. The monoisotopic (exact) mass is 329 g/mol. The molecule has 2 aromatic rings. The Balaban J connectivity index is 2.16. The fraction of sp³-hybridized carbons (Fsp3) is 0.333. The Hall–Kier alpha value is -1.14. The van der Waals surface area contributed by atoms with Crippen molar-refractivity contribution in [3.63, 3.8) is 0 Å². The topological polar surface area (TPSA) is 48.4 Å². The van der Waals surface area contributed by atoms with E-state index < -0.39 is 0 Å². The van der Waals surface area contributed by atoms with Crippen LogP contribution in [0.3, 0.4) is 0 Å². The number of ether oxygens (including phenoxy) is 2. The summed E-state index contributed by atoms with van der Waals surface area (Å²) >= 11 is 4.89. The summed E-state index contributed by atoms with van der Waals surface area (Å²) in [5, 5.41) is 0. The van der Waals surface area contributed by atoms with Crippen molar-refractivity contribution in [2.24, 2.45) is 0 Å². The second kappa shape index (κ2) is 5.67. The number of fused-ring (bicyclic) bond motifs is 1. The van der Waals surface area contributed by atoms with E-state index in [-0.39, 0.29) is 12.6 Å². The number of halogens is 1. The van der Waals surface area contributed by atoms with Crippen LogP contribution in [0.2, 0.25) is 0 Å². The number of benzene rings is 1. The predicted molar refractivity (Wildman–Crippen MR) is 74.2 cm³/mol. The maximum atomic E-state index is 11.2. The summed E-state index contributed by atoms with van der Waals surface area (Å²) in [5.41, 5.74) is 1.98. The summed E-state index contributed by atoms with van der Waals surface area (Å²) in [5.74, 6) is 0.296. The molecule has 1 aromatic heterocycles. The molecule has 18 heavy (non-hydrogen) atoms. The van der Waals surface area contributed by atoms with Gasteiger partial charge >= 0.3 is 5.97 Å². The van der Waals surface area contributed by atoms with Crippen LogP contribution in [0, 0.1) is 6.92 Å². The van der Waals surface area contributed by atoms with E-state index in [4.69, 9.17) is 9.47 Å². The summed E-state index contributed by atoms with van der Waals surface area (Å²) in [7, 11) is 0. The number of hydrogen-bond acceptors (Lipinski definition) is 5. The van der Waals surface area contributed by atoms with Crippen molar-refractivity contribution in [1.29, 1.82) is 0 Å². The van der Waals surface area contributed by atoms with Gasteiger partial charge in [-0.3, -0.25) is 0 Å². The number of esters is 1. The standard InChI is InChI=1S/C12H12BrNO3S/c1-3-16-10(15)6-17-8-4-7(2)11-9(5-8)18-12(13)14-11/h4-5H,3,6H2,1-2H3. The lowest BCUT2D eigenvalue weighted by Crippen LogP contribution is -2.14. The Kier molecular flexibility index (Phi) is 4.19. The number of carbonyl (C=O) groups excluding carboxylic acids is 1. The highest BCUT2D eigenvalue weighted by Gasteiger charge is 2.09. The lowest BCUT2D eigenvalue weighted by molar-refractivity contribution is -0.145. The highest BCUT2D eigenvalue weighted by molar-refractivity contribution is 9.11. The van der Waals surface area contributed by atoms with Gasteiger partial charge < -0.3 is 9.47 Å². The van der Waals surface area contributed by atoms with Crippen molar-refractivity contribution in [2.75, 3.05) is 13.2 Å². The van der Waals surface area contributed by atoms with Gasteiger partial charge in [0.25, 0.3) is 0 Å². The van der Waals surface area contributed by atoms with Gasteiger partial charge in [0.05, 0.1) is 16.8 Å². The van der Waals surface area contributed by atoms with E-state index in [9.17, 15) is 4.79 Å². The Morgan fingerprint density at radius 3 is 3.00 bits per heavy atom. The third-order valence-electron chi connectivity index (χ3n) is 2.29. The molecule has 0 amide bonds. The zero-order chi connectivity index (χ0) is 13.1. The number of carbonyl (C=O) groups is 1. The average molecular weight is 330 g/mol. The quantitative estimate of drug-likeness (QED) is 0.807. The maximum Gasteiger partial charge on any atom is 0.344 e. The van der Waals surface area contributed by atoms with E-state index in [0.29, 0.717) is 12.4 Å². The molecular weight excluding hydrogens is 318 g/mol. The van der Waals surface area contributed by atoms with Crippen molar-refractivity contribution in [3.8, 4) is 5.75 Å². The lowest BCUT2D eigenvalue weighted by Gasteiger charge is -2.06. The largest absolute Gasteiger partial charge is 0.482 e. The molecule has 1 heterocycles. The molecule has 0 bridgehead atoms. The summed E-state index contributed by atoms with van der Waals surface area (Å²) in [6.07, 6.45) is 0. The van der Waals surface area contributed by atoms with Crippen molar-refractivity contribution < 1.29 is 14.3 Å². The molecule has 0 saturated carbocycles. The number of thiazole rings is 1. The van der Waals surface area contributed by atoms with E-state index in [0.717, 1.165) is 19.7 Å². The number of aryl methyl sites for hydroxylation is 1. The SMILES string of the molecule is CCOC(=O)COc1cc(C)c2nc(Br)sc2c1. The molecule has 6 heteroatoms. The van der Waals surface area contributed by atoms with Crippen LogP contribution in [0.5, 0.6) is 5.75 Å². The molecule has 0 aliphatic heterocycles. The first-order chi connectivity index (χ1) is 8.60. The third-order valence-corrected chi connectivity index (χ3v) is 3.75. The first-order valence-electron chi connectivity index (χ1n) is 5.45. The fourth-order valence-corrected chi connectivity index (χ4v) is 3.06. The van der Waals surface area contributed by atoms with E-state index >= 15 is 0 Å². The van der Waals surface area contributed by atoms with Crippen LogP contribution in [0.4, 0.5) is 0 Å². The molecule has 0 radical (unpaired) electrons. The van der Waals surface area contributed by atoms with Crippen LogP contribution in [0.25, 0.3) is 10.2 Å². The van der Waals surface area contributed by atoms with Gasteiger partial charge in [-0.1, -0.05) is 0 Å². The average Bonchev–Trinajstić information content (AvgIpc) is 2.68. The molecule has 0 aliphatic carbocycles. The summed E-state index contributed by atoms with van der Waals surface area (Å²) in [6, 6.07) is 3.75. The molecule has 96 valence electrons. The lowest BCUT2D eigenvalue weighted by atomic mass is 10.2. The molecule has 2 rings (SSSR count). The van der Waals surface area contributed by atoms with Crippen molar-refractivity contribution in [1.82, 2.24) is 4.98 Å². The van der Waals surface area contributed by atoms with Crippen LogP contribution in [-0.4, -0.2) is 24.2 Å². The summed E-state index contributed by atoms with van der Waals surface area (Å²) < 4.78 is 12.1. The third kappa shape index (κ3) is 3.00. The molecule has 0 spiro atoms. The zero-order valence-electron chi connectivity index (χ0n) is 10.0. The Bertz CT molecular complexity index is 582. The summed E-state index contributed by atoms with van der Waals surface area (Å²) in [4.78, 5) is 15.6. The smallest absolute Gasteiger partial charge is 0.344 e. The van der Waals surface area contributed by atoms with Crippen LogP contribution < -0.4 is 4.74 Å². The molecule has 0 aliphatic rings. The van der Waals surface area contributed by atoms with E-state index in [1.807, 2.05) is 19.1 Å². The molecule has 1 aromatic carbocycles. The molecule has 0 saturated heterocycles. The number of nitrogens with zero attached hydrogens (tertiary/aromatic N) is 1. The van der Waals surface area contributed by atoms with Crippen molar-refractivity contribution in [2.45, 2.75) is 13.8 Å². The van der Waals surface area contributed by atoms with E-state index in [2.05, 4.69) is 20.9 Å². The first-order valence-corrected chi connectivity index (χ1v) is 7.06. The van der Waals surface area contributed by atoms with Gasteiger partial charge in [-0.2, -0.15) is 0 Å². The first kappa shape index (κ1) is 13.3. The maximum absolute atomic E-state index is 11.2. The zero-order valence-corrected chi connectivity index (χ0v) is 12.4. The number of aromatic nitrogens is 1. The van der Waals surface area contributed by atoms with Gasteiger partial charge in [-0.15, -0.1) is 11.3 Å².